The molecule has 0 aromatic heterocycles. The molecule has 0 aliphatic rings. The van der Waals surface area contributed by atoms with Gasteiger partial charge < -0.3 is 11.1 Å². The van der Waals surface area contributed by atoms with Crippen LogP contribution in [0.2, 0.25) is 0 Å². The van der Waals surface area contributed by atoms with E-state index >= 15 is 0 Å². The Hall–Kier alpha value is -2.74. The van der Waals surface area contributed by atoms with E-state index in [0.717, 1.165) is 11.6 Å². The Morgan fingerprint density at radius 2 is 1.96 bits per heavy atom. The average molecular weight is 347 g/mol. The summed E-state index contributed by atoms with van der Waals surface area (Å²) < 4.78 is 11.6. The maximum Gasteiger partial charge on any atom is 0.292 e. The normalized spacial score (nSPS) is 13.0. The number of nitrogens with one attached hydrogen (secondary N) is 1. The first kappa shape index (κ1) is 17.6. The molecular formula is C16H17N3O4S. The lowest BCUT2D eigenvalue weighted by Crippen LogP contribution is -2.32. The van der Waals surface area contributed by atoms with Gasteiger partial charge in [0.15, 0.2) is 0 Å². The van der Waals surface area contributed by atoms with E-state index in [1.54, 1.807) is 6.26 Å². The Kier molecular flexibility index (Phi) is 5.64. The van der Waals surface area contributed by atoms with Gasteiger partial charge in [-0.25, -0.2) is 0 Å². The van der Waals surface area contributed by atoms with Crippen molar-refractivity contribution in [1.82, 2.24) is 5.32 Å². The summed E-state index contributed by atoms with van der Waals surface area (Å²) in [4.78, 5) is 22.7. The van der Waals surface area contributed by atoms with E-state index in [4.69, 9.17) is 5.73 Å². The number of hydrogen-bond acceptors (Lipinski definition) is 5. The number of nitro benzene ring substituents is 1. The quantitative estimate of drug-likeness (QED) is 0.471. The summed E-state index contributed by atoms with van der Waals surface area (Å²) >= 11 is 0. The summed E-state index contributed by atoms with van der Waals surface area (Å²) in [5.41, 5.74) is 6.14. The van der Waals surface area contributed by atoms with Gasteiger partial charge >= 0.3 is 0 Å². The van der Waals surface area contributed by atoms with Gasteiger partial charge in [0.05, 0.1) is 11.0 Å². The molecule has 0 heterocycles. The Morgan fingerprint density at radius 3 is 2.54 bits per heavy atom. The van der Waals surface area contributed by atoms with Crippen LogP contribution in [0.3, 0.4) is 0 Å². The van der Waals surface area contributed by atoms with Crippen LogP contribution in [0.15, 0.2) is 48.5 Å². The molecule has 0 fully saturated rings. The van der Waals surface area contributed by atoms with Crippen molar-refractivity contribution < 1.29 is 13.9 Å². The van der Waals surface area contributed by atoms with Crippen LogP contribution in [-0.2, 0) is 10.8 Å². The van der Waals surface area contributed by atoms with E-state index in [0.29, 0.717) is 0 Å². The molecule has 7 nitrogen and oxygen atoms in total. The van der Waals surface area contributed by atoms with Crippen molar-refractivity contribution in [2.75, 3.05) is 17.7 Å². The second-order valence-electron chi connectivity index (χ2n) is 5.21. The summed E-state index contributed by atoms with van der Waals surface area (Å²) in [5, 5.41) is 13.7. The molecule has 2 aromatic carbocycles. The zero-order valence-corrected chi connectivity index (χ0v) is 13.8. The van der Waals surface area contributed by atoms with E-state index in [9.17, 15) is 19.1 Å². The minimum absolute atomic E-state index is 0.00850. The molecule has 8 heteroatoms. The van der Waals surface area contributed by atoms with Gasteiger partial charge in [0, 0.05) is 34.4 Å². The molecule has 2 atom stereocenters. The van der Waals surface area contributed by atoms with Crippen molar-refractivity contribution in [2.24, 2.45) is 0 Å². The van der Waals surface area contributed by atoms with Crippen molar-refractivity contribution in [3.05, 3.63) is 69.8 Å². The number of anilines is 1. The minimum atomic E-state index is -1.13. The largest absolute Gasteiger partial charge is 0.393 e. The van der Waals surface area contributed by atoms with Gasteiger partial charge in [-0.15, -0.1) is 0 Å². The highest BCUT2D eigenvalue weighted by Gasteiger charge is 2.20. The zero-order chi connectivity index (χ0) is 17.7. The van der Waals surface area contributed by atoms with Crippen molar-refractivity contribution in [1.29, 1.82) is 0 Å². The van der Waals surface area contributed by atoms with Crippen LogP contribution >= 0.6 is 0 Å². The van der Waals surface area contributed by atoms with Crippen LogP contribution in [0.4, 0.5) is 11.4 Å². The van der Waals surface area contributed by atoms with E-state index in [1.807, 2.05) is 30.3 Å². The summed E-state index contributed by atoms with van der Waals surface area (Å²) in [6.45, 7) is 0. The number of nitrogens with zero attached hydrogens (tertiary/aromatic N) is 1. The second-order valence-corrected chi connectivity index (χ2v) is 6.69. The first-order chi connectivity index (χ1) is 11.4. The molecule has 3 N–H and O–H groups in total. The van der Waals surface area contributed by atoms with Gasteiger partial charge in [-0.3, -0.25) is 19.1 Å². The number of benzene rings is 2. The number of amides is 1. The molecule has 126 valence electrons. The van der Waals surface area contributed by atoms with Gasteiger partial charge in [-0.2, -0.15) is 0 Å². The Labute approximate surface area is 141 Å². The molecule has 2 unspecified atom stereocenters. The predicted octanol–water partition coefficient (Wildman–Crippen LogP) is 2.03. The van der Waals surface area contributed by atoms with Gasteiger partial charge in [0.1, 0.15) is 5.69 Å². The van der Waals surface area contributed by atoms with Gasteiger partial charge in [-0.05, 0) is 17.7 Å². The molecule has 0 saturated carbocycles. The molecule has 0 aliphatic carbocycles. The smallest absolute Gasteiger partial charge is 0.292 e. The van der Waals surface area contributed by atoms with Crippen LogP contribution in [0.5, 0.6) is 0 Å². The number of carbonyl (C=O) groups is 1. The standard InChI is InChI=1S/C16H17N3O4S/c1-24(23)10-14(11-5-3-2-4-6-11)18-16(20)12-7-8-13(17)15(9-12)19(21)22/h2-9,14H,10,17H2,1H3,(H,18,20). The molecule has 0 aliphatic heterocycles. The average Bonchev–Trinajstić information content (AvgIpc) is 2.54. The number of nitrogens with two attached hydrogens (primary N) is 1. The van der Waals surface area contributed by atoms with Gasteiger partial charge in [0.2, 0.25) is 0 Å². The van der Waals surface area contributed by atoms with Crippen LogP contribution in [-0.4, -0.2) is 27.0 Å². The van der Waals surface area contributed by atoms with E-state index in [-0.39, 0.29) is 22.7 Å². The Morgan fingerprint density at radius 1 is 1.29 bits per heavy atom. The number of rotatable bonds is 6. The maximum absolute atomic E-state index is 12.4. The highest BCUT2D eigenvalue weighted by Crippen LogP contribution is 2.23. The molecule has 2 rings (SSSR count). The highest BCUT2D eigenvalue weighted by molar-refractivity contribution is 7.84. The maximum atomic E-state index is 12.4. The fraction of sp³-hybridized carbons (Fsp3) is 0.188. The molecular weight excluding hydrogens is 330 g/mol. The minimum Gasteiger partial charge on any atom is -0.393 e. The summed E-state index contributed by atoms with van der Waals surface area (Å²) in [6.07, 6.45) is 1.55. The van der Waals surface area contributed by atoms with Gasteiger partial charge in [0.25, 0.3) is 11.6 Å². The van der Waals surface area contributed by atoms with Crippen LogP contribution in [0.1, 0.15) is 22.0 Å². The number of nitrogen functional groups attached to an aromatic ring is 1. The topological polar surface area (TPSA) is 115 Å². The molecule has 0 bridgehead atoms. The van der Waals surface area contributed by atoms with Crippen molar-refractivity contribution in [3.8, 4) is 0 Å². The van der Waals surface area contributed by atoms with Crippen LogP contribution in [0, 0.1) is 10.1 Å². The monoisotopic (exact) mass is 347 g/mol. The first-order valence-electron chi connectivity index (χ1n) is 7.08. The second kappa shape index (κ2) is 7.69. The summed E-state index contributed by atoms with van der Waals surface area (Å²) in [7, 11) is -1.13. The third kappa shape index (κ3) is 4.39. The number of carbonyl (C=O) groups excluding carboxylic acids is 1. The third-order valence-corrected chi connectivity index (χ3v) is 4.20. The lowest BCUT2D eigenvalue weighted by Gasteiger charge is -2.18. The Balaban J connectivity index is 2.26. The molecule has 0 radical (unpaired) electrons. The van der Waals surface area contributed by atoms with E-state index in [1.165, 1.54) is 12.1 Å². The number of nitro groups is 1. The fourth-order valence-corrected chi connectivity index (χ4v) is 2.97. The van der Waals surface area contributed by atoms with Crippen molar-refractivity contribution in [2.45, 2.75) is 6.04 Å². The number of hydrogen-bond donors (Lipinski definition) is 2. The predicted molar refractivity (Wildman–Crippen MR) is 93.1 cm³/mol. The fourth-order valence-electron chi connectivity index (χ4n) is 2.23. The summed E-state index contributed by atoms with van der Waals surface area (Å²) in [6, 6.07) is 12.5. The molecule has 0 spiro atoms. The van der Waals surface area contributed by atoms with Crippen LogP contribution in [0.25, 0.3) is 0 Å². The molecule has 0 saturated heterocycles. The lowest BCUT2D eigenvalue weighted by molar-refractivity contribution is -0.383. The highest BCUT2D eigenvalue weighted by atomic mass is 32.2. The zero-order valence-electron chi connectivity index (χ0n) is 13.0. The first-order valence-corrected chi connectivity index (χ1v) is 8.81. The van der Waals surface area contributed by atoms with E-state index < -0.39 is 27.7 Å². The van der Waals surface area contributed by atoms with Crippen LogP contribution < -0.4 is 11.1 Å². The SMILES string of the molecule is CS(=O)CC(NC(=O)c1ccc(N)c([N+](=O)[O-])c1)c1ccccc1. The van der Waals surface area contributed by atoms with E-state index in [2.05, 4.69) is 5.32 Å². The van der Waals surface area contributed by atoms with Crippen molar-refractivity contribution >= 4 is 28.1 Å². The van der Waals surface area contributed by atoms with Crippen molar-refractivity contribution in [3.63, 3.8) is 0 Å². The summed E-state index contributed by atoms with van der Waals surface area (Å²) in [5.74, 6) is -0.246. The van der Waals surface area contributed by atoms with Gasteiger partial charge in [-0.1, -0.05) is 30.3 Å². The Bertz CT molecular complexity index is 780. The third-order valence-electron chi connectivity index (χ3n) is 3.40. The molecule has 2 aromatic rings. The lowest BCUT2D eigenvalue weighted by atomic mass is 10.1. The molecule has 1 amide bonds. The molecule has 24 heavy (non-hydrogen) atoms.